The van der Waals surface area contributed by atoms with Gasteiger partial charge in [-0.25, -0.2) is 0 Å². The van der Waals surface area contributed by atoms with Crippen LogP contribution in [-0.4, -0.2) is 35.5 Å². The average Bonchev–Trinajstić information content (AvgIpc) is 3.18. The van der Waals surface area contributed by atoms with Crippen molar-refractivity contribution in [2.24, 2.45) is 0 Å². The highest BCUT2D eigenvalue weighted by Gasteiger charge is 2.31. The number of amides is 1. The second-order valence-corrected chi connectivity index (χ2v) is 6.71. The minimum Gasteiger partial charge on any atom is -0.486 e. The number of rotatable bonds is 4. The maximum atomic E-state index is 12.9. The molecule has 1 fully saturated rings. The van der Waals surface area contributed by atoms with Gasteiger partial charge in [0.05, 0.1) is 17.4 Å². The van der Waals surface area contributed by atoms with E-state index in [0.717, 1.165) is 24.2 Å². The average molecular weight is 368 g/mol. The van der Waals surface area contributed by atoms with E-state index in [0.29, 0.717) is 31.1 Å². The van der Waals surface area contributed by atoms with Crippen molar-refractivity contribution in [1.82, 2.24) is 4.90 Å². The van der Waals surface area contributed by atoms with Gasteiger partial charge in [0.15, 0.2) is 11.5 Å². The van der Waals surface area contributed by atoms with E-state index in [1.54, 1.807) is 18.2 Å². The van der Waals surface area contributed by atoms with Gasteiger partial charge in [0.25, 0.3) is 5.69 Å². The van der Waals surface area contributed by atoms with E-state index in [9.17, 15) is 14.9 Å². The van der Waals surface area contributed by atoms with Crippen LogP contribution in [0.3, 0.4) is 0 Å². The normalized spacial score (nSPS) is 18.4. The summed E-state index contributed by atoms with van der Waals surface area (Å²) in [6.45, 7) is 1.70. The minimum atomic E-state index is -0.440. The Hall–Kier alpha value is -3.09. The first-order valence-electron chi connectivity index (χ1n) is 9.05. The van der Waals surface area contributed by atoms with E-state index >= 15 is 0 Å². The zero-order chi connectivity index (χ0) is 18.8. The summed E-state index contributed by atoms with van der Waals surface area (Å²) < 4.78 is 11.2. The molecule has 0 radical (unpaired) electrons. The third kappa shape index (κ3) is 3.45. The molecule has 4 rings (SSSR count). The molecule has 2 aromatic carbocycles. The van der Waals surface area contributed by atoms with E-state index in [1.807, 2.05) is 23.1 Å². The number of nitrogens with zero attached hydrogens (tertiary/aromatic N) is 2. The van der Waals surface area contributed by atoms with Gasteiger partial charge in [0.1, 0.15) is 13.2 Å². The third-order valence-corrected chi connectivity index (χ3v) is 5.05. The van der Waals surface area contributed by atoms with Gasteiger partial charge in [-0.05, 0) is 30.5 Å². The van der Waals surface area contributed by atoms with Crippen molar-refractivity contribution in [1.29, 1.82) is 0 Å². The van der Waals surface area contributed by atoms with Gasteiger partial charge in [-0.2, -0.15) is 0 Å². The van der Waals surface area contributed by atoms with Gasteiger partial charge in [-0.15, -0.1) is 0 Å². The standard InChI is InChI=1S/C20H20N2O5/c23-20(13-14-4-1-2-5-17(14)22(24)25)21-9-3-6-16(21)15-7-8-18-19(12-15)27-11-10-26-18/h1-2,4-5,7-8,12,16H,3,6,9-11,13H2. The van der Waals surface area contributed by atoms with Crippen molar-refractivity contribution >= 4 is 11.6 Å². The fraction of sp³-hybridized carbons (Fsp3) is 0.350. The molecule has 0 bridgehead atoms. The lowest BCUT2D eigenvalue weighted by molar-refractivity contribution is -0.385. The molecular weight excluding hydrogens is 348 g/mol. The summed E-state index contributed by atoms with van der Waals surface area (Å²) in [5.41, 5.74) is 1.44. The Balaban J connectivity index is 1.55. The van der Waals surface area contributed by atoms with Crippen LogP contribution < -0.4 is 9.47 Å². The van der Waals surface area contributed by atoms with Crippen LogP contribution in [0.25, 0.3) is 0 Å². The van der Waals surface area contributed by atoms with E-state index in [2.05, 4.69) is 0 Å². The summed E-state index contributed by atoms with van der Waals surface area (Å²) in [6, 6.07) is 12.2. The number of hydrogen-bond donors (Lipinski definition) is 0. The number of carbonyl (C=O) groups excluding carboxylic acids is 1. The Morgan fingerprint density at radius 2 is 1.93 bits per heavy atom. The number of para-hydroxylation sites is 1. The van der Waals surface area contributed by atoms with Gasteiger partial charge < -0.3 is 14.4 Å². The number of benzene rings is 2. The monoisotopic (exact) mass is 368 g/mol. The maximum Gasteiger partial charge on any atom is 0.273 e. The van der Waals surface area contributed by atoms with Crippen LogP contribution in [0.1, 0.15) is 30.0 Å². The van der Waals surface area contributed by atoms with Crippen molar-refractivity contribution in [2.45, 2.75) is 25.3 Å². The van der Waals surface area contributed by atoms with Crippen LogP contribution in [0.4, 0.5) is 5.69 Å². The SMILES string of the molecule is O=C(Cc1ccccc1[N+](=O)[O-])N1CCCC1c1ccc2c(c1)OCCO2. The van der Waals surface area contributed by atoms with Crippen molar-refractivity contribution < 1.29 is 19.2 Å². The number of hydrogen-bond acceptors (Lipinski definition) is 5. The highest BCUT2D eigenvalue weighted by atomic mass is 16.6. The Kier molecular flexibility index (Phi) is 4.66. The summed E-state index contributed by atoms with van der Waals surface area (Å²) >= 11 is 0. The predicted octanol–water partition coefficient (Wildman–Crippen LogP) is 3.27. The van der Waals surface area contributed by atoms with Crippen LogP contribution in [0.5, 0.6) is 11.5 Å². The molecule has 2 aromatic rings. The van der Waals surface area contributed by atoms with Crippen molar-refractivity contribution in [3.63, 3.8) is 0 Å². The van der Waals surface area contributed by atoms with Gasteiger partial charge >= 0.3 is 0 Å². The van der Waals surface area contributed by atoms with Crippen LogP contribution in [-0.2, 0) is 11.2 Å². The molecule has 2 heterocycles. The Labute approximate surface area is 156 Å². The molecule has 1 saturated heterocycles. The molecular formula is C20H20N2O5. The van der Waals surface area contributed by atoms with Crippen molar-refractivity contribution in [3.8, 4) is 11.5 Å². The zero-order valence-corrected chi connectivity index (χ0v) is 14.8. The minimum absolute atomic E-state index is 0.0130. The van der Waals surface area contributed by atoms with Crippen LogP contribution in [0, 0.1) is 10.1 Å². The molecule has 0 aromatic heterocycles. The summed E-state index contributed by atoms with van der Waals surface area (Å²) in [4.78, 5) is 25.5. The number of nitro groups is 1. The van der Waals surface area contributed by atoms with Gasteiger partial charge in [0.2, 0.25) is 5.91 Å². The molecule has 0 saturated carbocycles. The lowest BCUT2D eigenvalue weighted by Gasteiger charge is -2.27. The topological polar surface area (TPSA) is 81.9 Å². The molecule has 2 aliphatic heterocycles. The maximum absolute atomic E-state index is 12.9. The first-order chi connectivity index (χ1) is 13.1. The van der Waals surface area contributed by atoms with Gasteiger partial charge in [0, 0.05) is 18.2 Å². The molecule has 1 atom stereocenters. The number of nitro benzene ring substituents is 1. The molecule has 140 valence electrons. The third-order valence-electron chi connectivity index (χ3n) is 5.05. The smallest absolute Gasteiger partial charge is 0.273 e. The number of carbonyl (C=O) groups is 1. The Bertz CT molecular complexity index is 882. The molecule has 0 N–H and O–H groups in total. The predicted molar refractivity (Wildman–Crippen MR) is 97.9 cm³/mol. The Morgan fingerprint density at radius 1 is 1.15 bits per heavy atom. The second-order valence-electron chi connectivity index (χ2n) is 6.71. The number of likely N-dealkylation sites (tertiary alicyclic amines) is 1. The van der Waals surface area contributed by atoms with E-state index < -0.39 is 4.92 Å². The van der Waals surface area contributed by atoms with Crippen LogP contribution in [0.15, 0.2) is 42.5 Å². The van der Waals surface area contributed by atoms with Crippen molar-refractivity contribution in [3.05, 3.63) is 63.7 Å². The van der Waals surface area contributed by atoms with Crippen LogP contribution >= 0.6 is 0 Å². The lowest BCUT2D eigenvalue weighted by atomic mass is 10.0. The van der Waals surface area contributed by atoms with Gasteiger partial charge in [-0.1, -0.05) is 24.3 Å². The van der Waals surface area contributed by atoms with E-state index in [-0.39, 0.29) is 24.1 Å². The zero-order valence-electron chi connectivity index (χ0n) is 14.8. The quantitative estimate of drug-likeness (QED) is 0.611. The highest BCUT2D eigenvalue weighted by molar-refractivity contribution is 5.80. The largest absolute Gasteiger partial charge is 0.486 e. The number of ether oxygens (including phenoxy) is 2. The molecule has 7 heteroatoms. The van der Waals surface area contributed by atoms with Crippen LogP contribution in [0.2, 0.25) is 0 Å². The molecule has 2 aliphatic rings. The van der Waals surface area contributed by atoms with Gasteiger partial charge in [-0.3, -0.25) is 14.9 Å². The number of fused-ring (bicyclic) bond motifs is 1. The van der Waals surface area contributed by atoms with E-state index in [4.69, 9.17) is 9.47 Å². The molecule has 0 aliphatic carbocycles. The fourth-order valence-electron chi connectivity index (χ4n) is 3.78. The Morgan fingerprint density at radius 3 is 2.74 bits per heavy atom. The van der Waals surface area contributed by atoms with Crippen molar-refractivity contribution in [2.75, 3.05) is 19.8 Å². The lowest BCUT2D eigenvalue weighted by Crippen LogP contribution is -2.32. The second kappa shape index (κ2) is 7.26. The summed E-state index contributed by atoms with van der Waals surface area (Å²) in [5, 5.41) is 11.2. The molecule has 27 heavy (non-hydrogen) atoms. The first-order valence-corrected chi connectivity index (χ1v) is 9.05. The molecule has 1 unspecified atom stereocenters. The molecule has 0 spiro atoms. The highest BCUT2D eigenvalue weighted by Crippen LogP contribution is 2.38. The fourth-order valence-corrected chi connectivity index (χ4v) is 3.78. The summed E-state index contributed by atoms with van der Waals surface area (Å²) in [6.07, 6.45) is 1.79. The molecule has 7 nitrogen and oxygen atoms in total. The summed E-state index contributed by atoms with van der Waals surface area (Å²) in [5.74, 6) is 1.33. The first kappa shape index (κ1) is 17.3. The summed E-state index contributed by atoms with van der Waals surface area (Å²) in [7, 11) is 0. The van der Waals surface area contributed by atoms with E-state index in [1.165, 1.54) is 6.07 Å². The molecule has 1 amide bonds.